The summed E-state index contributed by atoms with van der Waals surface area (Å²) < 4.78 is 31.4. The van der Waals surface area contributed by atoms with E-state index in [0.29, 0.717) is 12.4 Å². The Kier molecular flexibility index (Phi) is 4.47. The predicted molar refractivity (Wildman–Crippen MR) is 69.1 cm³/mol. The zero-order valence-corrected chi connectivity index (χ0v) is 11.8. The molecular weight excluding hydrogens is 268 g/mol. The van der Waals surface area contributed by atoms with E-state index in [0.717, 1.165) is 12.1 Å². The summed E-state index contributed by atoms with van der Waals surface area (Å²) in [5, 5.41) is 2.50. The molecule has 0 spiro atoms. The fraction of sp³-hybridized carbons (Fsp3) is 0.429. The molecule has 0 bridgehead atoms. The standard InChI is InChI=1S/C14H17F2NO3/c1-13(2,3)17-12(19)20-14(4,8-18)9-5-10(15)7-11(16)6-9/h5-8H,1-4H3,(H,17,19). The Morgan fingerprint density at radius 2 is 1.65 bits per heavy atom. The molecule has 0 aromatic heterocycles. The zero-order chi connectivity index (χ0) is 15.6. The van der Waals surface area contributed by atoms with Gasteiger partial charge in [-0.3, -0.25) is 4.79 Å². The first-order valence-electron chi connectivity index (χ1n) is 6.00. The Balaban J connectivity index is 3.02. The van der Waals surface area contributed by atoms with Crippen LogP contribution in [0, 0.1) is 11.6 Å². The van der Waals surface area contributed by atoms with Crippen LogP contribution in [0.15, 0.2) is 18.2 Å². The van der Waals surface area contributed by atoms with Crippen LogP contribution in [0.5, 0.6) is 0 Å². The van der Waals surface area contributed by atoms with Crippen LogP contribution in [0.4, 0.5) is 13.6 Å². The molecular formula is C14H17F2NO3. The van der Waals surface area contributed by atoms with E-state index >= 15 is 0 Å². The Labute approximate surface area is 116 Å². The first-order chi connectivity index (χ1) is 9.05. The van der Waals surface area contributed by atoms with Crippen molar-refractivity contribution in [1.82, 2.24) is 5.32 Å². The molecule has 1 aromatic rings. The molecule has 0 heterocycles. The van der Waals surface area contributed by atoms with Gasteiger partial charge in [0.15, 0.2) is 11.9 Å². The zero-order valence-electron chi connectivity index (χ0n) is 11.8. The third kappa shape index (κ3) is 4.29. The lowest BCUT2D eigenvalue weighted by molar-refractivity contribution is -0.123. The monoisotopic (exact) mass is 285 g/mol. The number of carbonyl (C=O) groups excluding carboxylic acids is 2. The number of benzene rings is 1. The van der Waals surface area contributed by atoms with Gasteiger partial charge in [0.05, 0.1) is 0 Å². The van der Waals surface area contributed by atoms with Crippen molar-refractivity contribution >= 4 is 12.4 Å². The summed E-state index contributed by atoms with van der Waals surface area (Å²) in [4.78, 5) is 22.9. The first kappa shape index (κ1) is 16.1. The maximum Gasteiger partial charge on any atom is 0.408 e. The number of ether oxygens (including phenoxy) is 1. The van der Waals surface area contributed by atoms with Crippen LogP contribution in [-0.2, 0) is 15.1 Å². The fourth-order valence-electron chi connectivity index (χ4n) is 1.52. The summed E-state index contributed by atoms with van der Waals surface area (Å²) in [6, 6.07) is 2.56. The molecule has 0 saturated carbocycles. The van der Waals surface area contributed by atoms with Crippen molar-refractivity contribution in [3.63, 3.8) is 0 Å². The number of hydrogen-bond acceptors (Lipinski definition) is 3. The summed E-state index contributed by atoms with van der Waals surface area (Å²) in [6.45, 7) is 6.45. The maximum absolute atomic E-state index is 13.2. The van der Waals surface area contributed by atoms with Gasteiger partial charge in [0, 0.05) is 17.2 Å². The molecule has 0 aliphatic carbocycles. The van der Waals surface area contributed by atoms with Crippen molar-refractivity contribution in [1.29, 1.82) is 0 Å². The Morgan fingerprint density at radius 1 is 1.15 bits per heavy atom. The van der Waals surface area contributed by atoms with Gasteiger partial charge in [-0.25, -0.2) is 13.6 Å². The summed E-state index contributed by atoms with van der Waals surface area (Å²) in [7, 11) is 0. The molecule has 1 rings (SSSR count). The van der Waals surface area contributed by atoms with Gasteiger partial charge in [-0.15, -0.1) is 0 Å². The minimum atomic E-state index is -1.77. The molecule has 0 radical (unpaired) electrons. The maximum atomic E-state index is 13.2. The number of hydrogen-bond donors (Lipinski definition) is 1. The highest BCUT2D eigenvalue weighted by Gasteiger charge is 2.33. The quantitative estimate of drug-likeness (QED) is 0.869. The van der Waals surface area contributed by atoms with Crippen LogP contribution < -0.4 is 5.32 Å². The molecule has 1 amide bonds. The summed E-state index contributed by atoms with van der Waals surface area (Å²) in [6.07, 6.45) is -0.527. The molecule has 0 aliphatic heterocycles. The average molecular weight is 285 g/mol. The average Bonchev–Trinajstić information content (AvgIpc) is 2.24. The van der Waals surface area contributed by atoms with Crippen LogP contribution in [0.2, 0.25) is 0 Å². The molecule has 1 unspecified atom stereocenters. The van der Waals surface area contributed by atoms with Gasteiger partial charge in [0.25, 0.3) is 0 Å². The number of halogens is 2. The smallest absolute Gasteiger partial charge is 0.408 e. The molecule has 1 aromatic carbocycles. The van der Waals surface area contributed by atoms with Crippen LogP contribution >= 0.6 is 0 Å². The minimum absolute atomic E-state index is 0.0749. The lowest BCUT2D eigenvalue weighted by atomic mass is 9.97. The normalized spacial score (nSPS) is 14.3. The molecule has 0 fully saturated rings. The summed E-state index contributed by atoms with van der Waals surface area (Å²) in [5.41, 5.74) is -2.40. The number of carbonyl (C=O) groups is 2. The number of aldehydes is 1. The van der Waals surface area contributed by atoms with Gasteiger partial charge in [-0.2, -0.15) is 0 Å². The molecule has 0 saturated heterocycles. The predicted octanol–water partition coefficient (Wildman–Crippen LogP) is 2.90. The fourth-order valence-corrected chi connectivity index (χ4v) is 1.52. The van der Waals surface area contributed by atoms with Crippen LogP contribution in [-0.4, -0.2) is 17.9 Å². The van der Waals surface area contributed by atoms with Crippen molar-refractivity contribution in [2.75, 3.05) is 0 Å². The lowest BCUT2D eigenvalue weighted by Crippen LogP contribution is -2.44. The van der Waals surface area contributed by atoms with Gasteiger partial charge in [-0.05, 0) is 39.8 Å². The largest absolute Gasteiger partial charge is 0.431 e. The molecule has 6 heteroatoms. The number of rotatable bonds is 3. The second-order valence-corrected chi connectivity index (χ2v) is 5.65. The molecule has 4 nitrogen and oxygen atoms in total. The molecule has 1 N–H and O–H groups in total. The minimum Gasteiger partial charge on any atom is -0.431 e. The third-order valence-electron chi connectivity index (χ3n) is 2.44. The lowest BCUT2D eigenvalue weighted by Gasteiger charge is -2.27. The van der Waals surface area contributed by atoms with Gasteiger partial charge >= 0.3 is 6.09 Å². The SMILES string of the molecule is CC(C)(C)NC(=O)OC(C)(C=O)c1cc(F)cc(F)c1. The van der Waals surface area contributed by atoms with Crippen molar-refractivity contribution in [2.45, 2.75) is 38.8 Å². The van der Waals surface area contributed by atoms with E-state index < -0.39 is 28.9 Å². The summed E-state index contributed by atoms with van der Waals surface area (Å²) >= 11 is 0. The van der Waals surface area contributed by atoms with Gasteiger partial charge in [0.1, 0.15) is 11.6 Å². The highest BCUT2D eigenvalue weighted by molar-refractivity contribution is 5.75. The van der Waals surface area contributed by atoms with Gasteiger partial charge in [-0.1, -0.05) is 0 Å². The van der Waals surface area contributed by atoms with E-state index in [-0.39, 0.29) is 5.56 Å². The Hall–Kier alpha value is -1.98. The van der Waals surface area contributed by atoms with E-state index in [1.54, 1.807) is 20.8 Å². The van der Waals surface area contributed by atoms with Gasteiger partial charge < -0.3 is 10.1 Å². The van der Waals surface area contributed by atoms with Gasteiger partial charge in [0.2, 0.25) is 0 Å². The summed E-state index contributed by atoms with van der Waals surface area (Å²) in [5.74, 6) is -1.71. The van der Waals surface area contributed by atoms with Crippen molar-refractivity contribution in [3.8, 4) is 0 Å². The van der Waals surface area contributed by atoms with Crippen molar-refractivity contribution in [2.24, 2.45) is 0 Å². The number of nitrogens with one attached hydrogen (secondary N) is 1. The molecule has 0 aliphatic rings. The van der Waals surface area contributed by atoms with Crippen molar-refractivity contribution < 1.29 is 23.1 Å². The topological polar surface area (TPSA) is 55.4 Å². The van der Waals surface area contributed by atoms with Crippen molar-refractivity contribution in [3.05, 3.63) is 35.4 Å². The molecule has 20 heavy (non-hydrogen) atoms. The van der Waals surface area contributed by atoms with E-state index in [4.69, 9.17) is 4.74 Å². The Bertz CT molecular complexity index is 505. The second kappa shape index (κ2) is 5.56. The third-order valence-corrected chi connectivity index (χ3v) is 2.44. The van der Waals surface area contributed by atoms with Crippen LogP contribution in [0.3, 0.4) is 0 Å². The second-order valence-electron chi connectivity index (χ2n) is 5.65. The highest BCUT2D eigenvalue weighted by atomic mass is 19.1. The Morgan fingerprint density at radius 3 is 2.05 bits per heavy atom. The van der Waals surface area contributed by atoms with E-state index in [9.17, 15) is 18.4 Å². The first-order valence-corrected chi connectivity index (χ1v) is 6.00. The van der Waals surface area contributed by atoms with E-state index in [1.165, 1.54) is 6.92 Å². The number of amides is 1. The van der Waals surface area contributed by atoms with Crippen LogP contribution in [0.25, 0.3) is 0 Å². The van der Waals surface area contributed by atoms with Crippen LogP contribution in [0.1, 0.15) is 33.3 Å². The highest BCUT2D eigenvalue weighted by Crippen LogP contribution is 2.25. The van der Waals surface area contributed by atoms with E-state index in [2.05, 4.69) is 5.32 Å². The number of alkyl carbamates (subject to hydrolysis) is 1. The van der Waals surface area contributed by atoms with E-state index in [1.807, 2.05) is 0 Å². The molecule has 110 valence electrons. The molecule has 1 atom stereocenters.